The molecule has 0 atom stereocenters. The molecule has 26 heavy (non-hydrogen) atoms. The van der Waals surface area contributed by atoms with Crippen LogP contribution in [0.15, 0.2) is 0 Å². The predicted octanol–water partition coefficient (Wildman–Crippen LogP) is 4.06. The van der Waals surface area contributed by atoms with Gasteiger partial charge in [-0.3, -0.25) is 9.59 Å². The van der Waals surface area contributed by atoms with E-state index in [0.29, 0.717) is 32.0 Å². The van der Waals surface area contributed by atoms with Crippen LogP contribution in [0, 0.1) is 11.3 Å². The predicted molar refractivity (Wildman–Crippen MR) is 108 cm³/mol. The van der Waals surface area contributed by atoms with Gasteiger partial charge in [0.2, 0.25) is 11.8 Å². The van der Waals surface area contributed by atoms with E-state index >= 15 is 0 Å². The number of nitrogens with one attached hydrogen (secondary N) is 2. The zero-order chi connectivity index (χ0) is 20.2. The molecule has 0 aromatic carbocycles. The van der Waals surface area contributed by atoms with Crippen LogP contribution in [-0.4, -0.2) is 37.1 Å². The molecule has 0 unspecified atom stereocenters. The first kappa shape index (κ1) is 24.9. The van der Waals surface area contributed by atoms with E-state index in [-0.39, 0.29) is 11.8 Å². The van der Waals surface area contributed by atoms with Gasteiger partial charge in [-0.1, -0.05) is 41.5 Å². The number of rotatable bonds is 14. The van der Waals surface area contributed by atoms with Gasteiger partial charge in [0.05, 0.1) is 17.6 Å². The number of carbonyl (C=O) groups is 2. The lowest BCUT2D eigenvalue weighted by Crippen LogP contribution is -2.49. The lowest BCUT2D eigenvalue weighted by molar-refractivity contribution is -0.144. The van der Waals surface area contributed by atoms with Crippen molar-refractivity contribution in [3.63, 3.8) is 0 Å². The van der Waals surface area contributed by atoms with Gasteiger partial charge < -0.3 is 15.4 Å². The summed E-state index contributed by atoms with van der Waals surface area (Å²) in [5.41, 5.74) is -0.928. The molecule has 0 aliphatic heterocycles. The molecule has 0 aromatic rings. The molecule has 5 heteroatoms. The van der Waals surface area contributed by atoms with E-state index in [1.54, 1.807) is 0 Å². The van der Waals surface area contributed by atoms with Gasteiger partial charge in [-0.05, 0) is 44.9 Å². The Morgan fingerprint density at radius 1 is 0.923 bits per heavy atom. The van der Waals surface area contributed by atoms with Crippen molar-refractivity contribution >= 4 is 11.8 Å². The first-order valence-electron chi connectivity index (χ1n) is 10.4. The highest BCUT2D eigenvalue weighted by Crippen LogP contribution is 2.31. The molecule has 154 valence electrons. The molecular weight excluding hydrogens is 328 g/mol. The maximum absolute atomic E-state index is 12.6. The molecule has 0 spiro atoms. The van der Waals surface area contributed by atoms with Gasteiger partial charge in [-0.25, -0.2) is 0 Å². The minimum atomic E-state index is -0.507. The van der Waals surface area contributed by atoms with Gasteiger partial charge >= 0.3 is 0 Å². The second-order valence-corrected chi connectivity index (χ2v) is 7.73. The number of hydrogen-bond donors (Lipinski definition) is 2. The van der Waals surface area contributed by atoms with Crippen LogP contribution in [0.3, 0.4) is 0 Å². The zero-order valence-electron chi connectivity index (χ0n) is 18.2. The Balaban J connectivity index is 4.95. The van der Waals surface area contributed by atoms with Gasteiger partial charge in [0.25, 0.3) is 0 Å². The standard InChI is InChI=1S/C21H42N2O3/c1-8-20(9-2,19(25)22-12-5)16-26-21(10-3,11-4)15-23-18(24)14-13-17(6)7/h17H,8-16H2,1-7H3,(H,22,25)(H,23,24). The Kier molecular flexibility index (Phi) is 11.8. The highest BCUT2D eigenvalue weighted by Gasteiger charge is 2.38. The van der Waals surface area contributed by atoms with Crippen molar-refractivity contribution in [1.82, 2.24) is 10.6 Å². The molecule has 0 aromatic heterocycles. The Morgan fingerprint density at radius 2 is 1.50 bits per heavy atom. The molecule has 0 rings (SSSR count). The normalized spacial score (nSPS) is 12.3. The van der Waals surface area contributed by atoms with Crippen molar-refractivity contribution in [3.05, 3.63) is 0 Å². The average Bonchev–Trinajstić information content (AvgIpc) is 2.64. The number of ether oxygens (including phenoxy) is 1. The maximum Gasteiger partial charge on any atom is 0.228 e. The van der Waals surface area contributed by atoms with E-state index in [1.807, 2.05) is 20.8 Å². The number of hydrogen-bond acceptors (Lipinski definition) is 3. The van der Waals surface area contributed by atoms with E-state index in [1.165, 1.54) is 0 Å². The molecular formula is C21H42N2O3. The summed E-state index contributed by atoms with van der Waals surface area (Å²) in [6, 6.07) is 0. The van der Waals surface area contributed by atoms with Crippen LogP contribution in [-0.2, 0) is 14.3 Å². The quantitative estimate of drug-likeness (QED) is 0.484. The third-order valence-electron chi connectivity index (χ3n) is 5.67. The maximum atomic E-state index is 12.6. The van der Waals surface area contributed by atoms with Crippen molar-refractivity contribution in [2.24, 2.45) is 11.3 Å². The summed E-state index contributed by atoms with van der Waals surface area (Å²) in [6.07, 6.45) is 4.51. The molecule has 0 aliphatic carbocycles. The summed E-state index contributed by atoms with van der Waals surface area (Å²) >= 11 is 0. The first-order valence-corrected chi connectivity index (χ1v) is 10.4. The van der Waals surface area contributed by atoms with Crippen LogP contribution in [0.25, 0.3) is 0 Å². The van der Waals surface area contributed by atoms with Gasteiger partial charge in [0.15, 0.2) is 0 Å². The van der Waals surface area contributed by atoms with Gasteiger partial charge in [0, 0.05) is 19.5 Å². The molecule has 0 saturated carbocycles. The molecule has 0 fully saturated rings. The summed E-state index contributed by atoms with van der Waals surface area (Å²) in [6.45, 7) is 15.9. The third-order valence-corrected chi connectivity index (χ3v) is 5.67. The third kappa shape index (κ3) is 7.65. The summed E-state index contributed by atoms with van der Waals surface area (Å²) in [4.78, 5) is 24.7. The lowest BCUT2D eigenvalue weighted by atomic mass is 9.81. The number of carbonyl (C=O) groups excluding carboxylic acids is 2. The van der Waals surface area contributed by atoms with E-state index in [4.69, 9.17) is 4.74 Å². The molecule has 0 aliphatic rings. The van der Waals surface area contributed by atoms with Crippen LogP contribution >= 0.6 is 0 Å². The SMILES string of the molecule is CCNC(=O)C(CC)(CC)COC(CC)(CC)CNC(=O)CCC(C)C. The molecule has 2 amide bonds. The smallest absolute Gasteiger partial charge is 0.228 e. The van der Waals surface area contributed by atoms with Gasteiger partial charge in [0.1, 0.15) is 0 Å². The highest BCUT2D eigenvalue weighted by molar-refractivity contribution is 5.82. The summed E-state index contributed by atoms with van der Waals surface area (Å²) < 4.78 is 6.34. The fraction of sp³-hybridized carbons (Fsp3) is 0.905. The van der Waals surface area contributed by atoms with Crippen LogP contribution in [0.5, 0.6) is 0 Å². The lowest BCUT2D eigenvalue weighted by Gasteiger charge is -2.38. The van der Waals surface area contributed by atoms with Crippen LogP contribution in [0.4, 0.5) is 0 Å². The van der Waals surface area contributed by atoms with E-state index in [9.17, 15) is 9.59 Å². The Hall–Kier alpha value is -1.10. The Morgan fingerprint density at radius 3 is 1.92 bits per heavy atom. The highest BCUT2D eigenvalue weighted by atomic mass is 16.5. The minimum Gasteiger partial charge on any atom is -0.372 e. The van der Waals surface area contributed by atoms with E-state index in [0.717, 1.165) is 32.1 Å². The van der Waals surface area contributed by atoms with Crippen molar-refractivity contribution in [3.8, 4) is 0 Å². The Labute approximate surface area is 161 Å². The number of amides is 2. The van der Waals surface area contributed by atoms with Crippen molar-refractivity contribution in [1.29, 1.82) is 0 Å². The zero-order valence-corrected chi connectivity index (χ0v) is 18.2. The summed E-state index contributed by atoms with van der Waals surface area (Å²) in [5.74, 6) is 0.660. The van der Waals surface area contributed by atoms with Crippen molar-refractivity contribution < 1.29 is 14.3 Å². The van der Waals surface area contributed by atoms with E-state index < -0.39 is 11.0 Å². The van der Waals surface area contributed by atoms with Gasteiger partial charge in [-0.2, -0.15) is 0 Å². The van der Waals surface area contributed by atoms with Crippen LogP contribution < -0.4 is 10.6 Å². The second kappa shape index (κ2) is 12.3. The molecule has 0 saturated heterocycles. The van der Waals surface area contributed by atoms with E-state index in [2.05, 4.69) is 38.3 Å². The first-order chi connectivity index (χ1) is 12.2. The minimum absolute atomic E-state index is 0.0621. The topological polar surface area (TPSA) is 67.4 Å². The largest absolute Gasteiger partial charge is 0.372 e. The average molecular weight is 371 g/mol. The summed E-state index contributed by atoms with van der Waals surface area (Å²) in [7, 11) is 0. The molecule has 0 heterocycles. The van der Waals surface area contributed by atoms with Crippen molar-refractivity contribution in [2.75, 3.05) is 19.7 Å². The summed E-state index contributed by atoms with van der Waals surface area (Å²) in [5, 5.41) is 5.99. The van der Waals surface area contributed by atoms with Crippen molar-refractivity contribution in [2.45, 2.75) is 92.6 Å². The monoisotopic (exact) mass is 370 g/mol. The Bertz CT molecular complexity index is 413. The molecule has 0 radical (unpaired) electrons. The fourth-order valence-electron chi connectivity index (χ4n) is 3.00. The van der Waals surface area contributed by atoms with Gasteiger partial charge in [-0.15, -0.1) is 0 Å². The molecule has 5 nitrogen and oxygen atoms in total. The van der Waals surface area contributed by atoms with Crippen LogP contribution in [0.2, 0.25) is 0 Å². The second-order valence-electron chi connectivity index (χ2n) is 7.73. The molecule has 0 bridgehead atoms. The fourth-order valence-corrected chi connectivity index (χ4v) is 3.00. The molecule has 2 N–H and O–H groups in total. The van der Waals surface area contributed by atoms with Crippen LogP contribution in [0.1, 0.15) is 87.0 Å².